The van der Waals surface area contributed by atoms with Crippen molar-refractivity contribution < 1.29 is 4.79 Å². The Hall–Kier alpha value is -2.47. The molecular weight excluding hydrogens is 370 g/mol. The van der Waals surface area contributed by atoms with Crippen molar-refractivity contribution in [3.63, 3.8) is 0 Å². The number of amides is 1. The van der Waals surface area contributed by atoms with Gasteiger partial charge < -0.3 is 5.32 Å². The second kappa shape index (κ2) is 10.2. The lowest BCUT2D eigenvalue weighted by molar-refractivity contribution is -0.121. The van der Waals surface area contributed by atoms with E-state index in [2.05, 4.69) is 17.2 Å². The molecule has 0 bridgehead atoms. The number of thiophene rings is 1. The maximum atomic E-state index is 12.9. The van der Waals surface area contributed by atoms with Crippen molar-refractivity contribution in [1.29, 1.82) is 0 Å². The minimum atomic E-state index is -0.167. The first-order valence-corrected chi connectivity index (χ1v) is 10.9. The van der Waals surface area contributed by atoms with Crippen LogP contribution in [0.2, 0.25) is 0 Å². The Morgan fingerprint density at radius 2 is 1.86 bits per heavy atom. The highest BCUT2D eigenvalue weighted by Crippen LogP contribution is 2.30. The van der Waals surface area contributed by atoms with E-state index < -0.39 is 0 Å². The predicted molar refractivity (Wildman–Crippen MR) is 116 cm³/mol. The van der Waals surface area contributed by atoms with Gasteiger partial charge in [0.05, 0.1) is 11.7 Å². The monoisotopic (exact) mass is 397 g/mol. The molecule has 2 aromatic heterocycles. The molecule has 1 amide bonds. The van der Waals surface area contributed by atoms with Crippen molar-refractivity contribution in [3.05, 3.63) is 52.4 Å². The van der Waals surface area contributed by atoms with E-state index >= 15 is 0 Å². The number of carbonyl (C=O) groups excluding carboxylic acids is 1. The van der Waals surface area contributed by atoms with Crippen LogP contribution in [0, 0.1) is 0 Å². The highest BCUT2D eigenvalue weighted by molar-refractivity contribution is 7.17. The van der Waals surface area contributed by atoms with Crippen molar-refractivity contribution in [2.24, 2.45) is 0 Å². The van der Waals surface area contributed by atoms with Crippen molar-refractivity contribution in [3.8, 4) is 11.1 Å². The summed E-state index contributed by atoms with van der Waals surface area (Å²) in [6, 6.07) is 9.80. The molecule has 6 heteroatoms. The van der Waals surface area contributed by atoms with Crippen molar-refractivity contribution in [2.45, 2.75) is 52.0 Å². The topological polar surface area (TPSA) is 64.0 Å². The van der Waals surface area contributed by atoms with E-state index in [1.165, 1.54) is 47.9 Å². The van der Waals surface area contributed by atoms with Gasteiger partial charge in [0, 0.05) is 17.5 Å². The summed E-state index contributed by atoms with van der Waals surface area (Å²) >= 11 is 1.45. The summed E-state index contributed by atoms with van der Waals surface area (Å²) in [7, 11) is 0. The fourth-order valence-corrected chi connectivity index (χ4v) is 4.16. The van der Waals surface area contributed by atoms with Gasteiger partial charge in [0.2, 0.25) is 5.91 Å². The summed E-state index contributed by atoms with van der Waals surface area (Å²) in [5, 5.41) is 5.45. The third-order valence-electron chi connectivity index (χ3n) is 4.81. The first-order valence-electron chi connectivity index (χ1n) is 9.99. The number of hydrogen-bond acceptors (Lipinski definition) is 4. The van der Waals surface area contributed by atoms with Gasteiger partial charge in [-0.15, -0.1) is 11.3 Å². The summed E-state index contributed by atoms with van der Waals surface area (Å²) in [6.45, 7) is 2.86. The van der Waals surface area contributed by atoms with Gasteiger partial charge in [-0.2, -0.15) is 0 Å². The quantitative estimate of drug-likeness (QED) is 0.509. The molecule has 0 unspecified atom stereocenters. The summed E-state index contributed by atoms with van der Waals surface area (Å²) < 4.78 is 1.40. The molecule has 28 heavy (non-hydrogen) atoms. The van der Waals surface area contributed by atoms with Crippen LogP contribution >= 0.6 is 11.3 Å². The van der Waals surface area contributed by atoms with Crippen LogP contribution < -0.4 is 10.9 Å². The summed E-state index contributed by atoms with van der Waals surface area (Å²) in [4.78, 5) is 30.3. The molecule has 0 radical (unpaired) electrons. The average Bonchev–Trinajstić information content (AvgIpc) is 3.15. The smallest absolute Gasteiger partial charge is 0.263 e. The molecule has 3 rings (SSSR count). The second-order valence-corrected chi connectivity index (χ2v) is 7.85. The van der Waals surface area contributed by atoms with Crippen molar-refractivity contribution in [1.82, 2.24) is 14.9 Å². The van der Waals surface area contributed by atoms with E-state index in [9.17, 15) is 9.59 Å². The molecule has 3 aromatic rings. The van der Waals surface area contributed by atoms with Gasteiger partial charge in [0.1, 0.15) is 11.4 Å². The van der Waals surface area contributed by atoms with Crippen LogP contribution in [-0.4, -0.2) is 22.0 Å². The highest BCUT2D eigenvalue weighted by Gasteiger charge is 2.14. The van der Waals surface area contributed by atoms with E-state index in [1.807, 2.05) is 35.7 Å². The molecule has 0 aliphatic rings. The number of nitrogens with zero attached hydrogens (tertiary/aromatic N) is 2. The number of fused-ring (bicyclic) bond motifs is 1. The third kappa shape index (κ3) is 5.07. The molecule has 0 spiro atoms. The zero-order chi connectivity index (χ0) is 19.8. The molecule has 0 aliphatic carbocycles. The molecule has 0 saturated heterocycles. The number of unbranched alkanes of at least 4 members (excludes halogenated alkanes) is 5. The van der Waals surface area contributed by atoms with Crippen LogP contribution in [0.5, 0.6) is 0 Å². The average molecular weight is 398 g/mol. The zero-order valence-electron chi connectivity index (χ0n) is 16.3. The van der Waals surface area contributed by atoms with Gasteiger partial charge in [-0.3, -0.25) is 14.2 Å². The van der Waals surface area contributed by atoms with E-state index in [0.717, 1.165) is 24.0 Å². The second-order valence-electron chi connectivity index (χ2n) is 6.99. The van der Waals surface area contributed by atoms with Gasteiger partial charge in [0.15, 0.2) is 0 Å². The molecule has 1 aromatic carbocycles. The van der Waals surface area contributed by atoms with Gasteiger partial charge in [0.25, 0.3) is 5.56 Å². The Morgan fingerprint density at radius 3 is 2.64 bits per heavy atom. The maximum Gasteiger partial charge on any atom is 0.263 e. The standard InChI is InChI=1S/C22H27N3O2S/c1-2-3-4-5-6-10-13-23-19(26)14-25-16-24-21-20(22(25)27)18(15-28-21)17-11-8-7-9-12-17/h7-9,11-12,15-16H,2-6,10,13-14H2,1H3,(H,23,26). The molecule has 5 nitrogen and oxygen atoms in total. The Morgan fingerprint density at radius 1 is 1.11 bits per heavy atom. The van der Waals surface area contributed by atoms with Crippen LogP contribution in [0.25, 0.3) is 21.3 Å². The van der Waals surface area contributed by atoms with Crippen LogP contribution in [0.15, 0.2) is 46.8 Å². The fraction of sp³-hybridized carbons (Fsp3) is 0.409. The lowest BCUT2D eigenvalue weighted by atomic mass is 10.1. The van der Waals surface area contributed by atoms with Crippen molar-refractivity contribution >= 4 is 27.5 Å². The van der Waals surface area contributed by atoms with E-state index in [-0.39, 0.29) is 18.0 Å². The lowest BCUT2D eigenvalue weighted by Gasteiger charge is -2.08. The Bertz CT molecular complexity index is 963. The number of nitrogens with one attached hydrogen (secondary N) is 1. The number of carbonyl (C=O) groups is 1. The first-order chi connectivity index (χ1) is 13.7. The number of aromatic nitrogens is 2. The SMILES string of the molecule is CCCCCCCCNC(=O)Cn1cnc2scc(-c3ccccc3)c2c1=O. The summed E-state index contributed by atoms with van der Waals surface area (Å²) in [5.74, 6) is -0.145. The molecule has 148 valence electrons. The minimum absolute atomic E-state index is 0.00167. The Kier molecular flexibility index (Phi) is 7.37. The molecule has 0 saturated carbocycles. The van der Waals surface area contributed by atoms with E-state index in [4.69, 9.17) is 0 Å². The number of rotatable bonds is 10. The number of hydrogen-bond donors (Lipinski definition) is 1. The lowest BCUT2D eigenvalue weighted by Crippen LogP contribution is -2.32. The fourth-order valence-electron chi connectivity index (χ4n) is 3.25. The predicted octanol–water partition coefficient (Wildman–Crippen LogP) is 4.60. The molecule has 1 N–H and O–H groups in total. The first kappa shape index (κ1) is 20.3. The summed E-state index contributed by atoms with van der Waals surface area (Å²) in [5.41, 5.74) is 1.69. The van der Waals surface area contributed by atoms with Gasteiger partial charge in [-0.25, -0.2) is 4.98 Å². The van der Waals surface area contributed by atoms with E-state index in [0.29, 0.717) is 16.8 Å². The normalized spacial score (nSPS) is 11.0. The molecule has 0 aliphatic heterocycles. The molecule has 0 atom stereocenters. The van der Waals surface area contributed by atoms with E-state index in [1.54, 1.807) is 0 Å². The largest absolute Gasteiger partial charge is 0.355 e. The van der Waals surface area contributed by atoms with Crippen LogP contribution in [0.4, 0.5) is 0 Å². The summed E-state index contributed by atoms with van der Waals surface area (Å²) in [6.07, 6.45) is 8.56. The third-order valence-corrected chi connectivity index (χ3v) is 5.70. The van der Waals surface area contributed by atoms with Gasteiger partial charge >= 0.3 is 0 Å². The van der Waals surface area contributed by atoms with Crippen LogP contribution in [0.3, 0.4) is 0 Å². The highest BCUT2D eigenvalue weighted by atomic mass is 32.1. The van der Waals surface area contributed by atoms with Crippen LogP contribution in [-0.2, 0) is 11.3 Å². The van der Waals surface area contributed by atoms with Crippen LogP contribution in [0.1, 0.15) is 45.4 Å². The Balaban J connectivity index is 1.63. The molecule has 2 heterocycles. The molecule has 0 fully saturated rings. The zero-order valence-corrected chi connectivity index (χ0v) is 17.1. The molecular formula is C22H27N3O2S. The number of benzene rings is 1. The maximum absolute atomic E-state index is 12.9. The Labute approximate surface area is 169 Å². The minimum Gasteiger partial charge on any atom is -0.355 e. The van der Waals surface area contributed by atoms with Gasteiger partial charge in [-0.05, 0) is 12.0 Å². The van der Waals surface area contributed by atoms with Crippen molar-refractivity contribution in [2.75, 3.05) is 6.54 Å². The van der Waals surface area contributed by atoms with Gasteiger partial charge in [-0.1, -0.05) is 69.4 Å².